The topological polar surface area (TPSA) is 49.3 Å². The van der Waals surface area contributed by atoms with Gasteiger partial charge in [-0.25, -0.2) is 0 Å². The molecule has 1 aromatic rings. The van der Waals surface area contributed by atoms with Crippen molar-refractivity contribution in [1.29, 1.82) is 0 Å². The Morgan fingerprint density at radius 2 is 2.17 bits per heavy atom. The number of carbonyl (C=O) groups is 1. The summed E-state index contributed by atoms with van der Waals surface area (Å²) in [6.45, 7) is 4.54. The Hall–Kier alpha value is -1.35. The maximum atomic E-state index is 12.0. The van der Waals surface area contributed by atoms with Gasteiger partial charge in [-0.2, -0.15) is 0 Å². The van der Waals surface area contributed by atoms with Gasteiger partial charge in [0.2, 0.25) is 0 Å². The summed E-state index contributed by atoms with van der Waals surface area (Å²) in [4.78, 5) is 12.0. The lowest BCUT2D eigenvalue weighted by Crippen LogP contribution is -2.32. The van der Waals surface area contributed by atoms with Crippen molar-refractivity contribution in [2.75, 3.05) is 6.54 Å². The maximum Gasteiger partial charge on any atom is 0.251 e. The van der Waals surface area contributed by atoms with E-state index in [1.165, 1.54) is 0 Å². The monoisotopic (exact) mass is 247 g/mol. The lowest BCUT2D eigenvalue weighted by atomic mass is 10.0. The SMILES string of the molecule is Cc1ccc(C(=O)NCC2CCCC2O)c(C)c1. The molecule has 0 aromatic heterocycles. The average molecular weight is 247 g/mol. The number of nitrogens with one attached hydrogen (secondary N) is 1. The number of hydrogen-bond donors (Lipinski definition) is 2. The minimum atomic E-state index is -0.246. The number of benzene rings is 1. The first kappa shape index (κ1) is 13.1. The van der Waals surface area contributed by atoms with E-state index in [1.807, 2.05) is 32.0 Å². The highest BCUT2D eigenvalue weighted by atomic mass is 16.3. The summed E-state index contributed by atoms with van der Waals surface area (Å²) in [5.41, 5.74) is 2.89. The molecule has 1 aliphatic rings. The van der Waals surface area contributed by atoms with Crippen LogP contribution in [0.5, 0.6) is 0 Å². The fourth-order valence-corrected chi connectivity index (χ4v) is 2.64. The number of amides is 1. The first-order valence-corrected chi connectivity index (χ1v) is 6.61. The third-order valence-electron chi connectivity index (χ3n) is 3.77. The Kier molecular flexibility index (Phi) is 4.02. The summed E-state index contributed by atoms with van der Waals surface area (Å²) >= 11 is 0. The predicted molar refractivity (Wildman–Crippen MR) is 71.6 cm³/mol. The van der Waals surface area contributed by atoms with Gasteiger partial charge in [0, 0.05) is 18.0 Å². The van der Waals surface area contributed by atoms with Crippen LogP contribution >= 0.6 is 0 Å². The van der Waals surface area contributed by atoms with Gasteiger partial charge >= 0.3 is 0 Å². The summed E-state index contributed by atoms with van der Waals surface area (Å²) in [6.07, 6.45) is 2.69. The average Bonchev–Trinajstić information content (AvgIpc) is 2.72. The van der Waals surface area contributed by atoms with Gasteiger partial charge in [-0.15, -0.1) is 0 Å². The van der Waals surface area contributed by atoms with Crippen LogP contribution in [0.2, 0.25) is 0 Å². The minimum Gasteiger partial charge on any atom is -0.393 e. The molecule has 1 aromatic carbocycles. The van der Waals surface area contributed by atoms with Gasteiger partial charge < -0.3 is 10.4 Å². The van der Waals surface area contributed by atoms with Crippen LogP contribution in [0.15, 0.2) is 18.2 Å². The molecular formula is C15H21NO2. The Labute approximate surface area is 108 Å². The second-order valence-electron chi connectivity index (χ2n) is 5.29. The third kappa shape index (κ3) is 2.91. The van der Waals surface area contributed by atoms with E-state index >= 15 is 0 Å². The zero-order valence-corrected chi connectivity index (χ0v) is 11.1. The molecule has 98 valence electrons. The summed E-state index contributed by atoms with van der Waals surface area (Å²) in [5.74, 6) is 0.186. The standard InChI is InChI=1S/C15H21NO2/c1-10-6-7-13(11(2)8-10)15(18)16-9-12-4-3-5-14(12)17/h6-8,12,14,17H,3-5,9H2,1-2H3,(H,16,18). The van der Waals surface area contributed by atoms with Crippen LogP contribution in [0.3, 0.4) is 0 Å². The second-order valence-corrected chi connectivity index (χ2v) is 5.29. The van der Waals surface area contributed by atoms with Crippen LogP contribution in [-0.2, 0) is 0 Å². The largest absolute Gasteiger partial charge is 0.393 e. The van der Waals surface area contributed by atoms with Crippen LogP contribution < -0.4 is 5.32 Å². The van der Waals surface area contributed by atoms with Gasteiger partial charge in [0.25, 0.3) is 5.91 Å². The Morgan fingerprint density at radius 1 is 1.39 bits per heavy atom. The summed E-state index contributed by atoms with van der Waals surface area (Å²) in [7, 11) is 0. The first-order valence-electron chi connectivity index (χ1n) is 6.61. The van der Waals surface area contributed by atoms with Gasteiger partial charge in [-0.05, 0) is 38.3 Å². The molecule has 1 fully saturated rings. The highest BCUT2D eigenvalue weighted by molar-refractivity contribution is 5.95. The van der Waals surface area contributed by atoms with E-state index < -0.39 is 0 Å². The molecule has 1 amide bonds. The van der Waals surface area contributed by atoms with Crippen molar-refractivity contribution in [3.63, 3.8) is 0 Å². The van der Waals surface area contributed by atoms with E-state index in [-0.39, 0.29) is 17.9 Å². The molecule has 2 unspecified atom stereocenters. The summed E-state index contributed by atoms with van der Waals surface area (Å²) in [5, 5.41) is 12.6. The van der Waals surface area contributed by atoms with Crippen molar-refractivity contribution in [2.24, 2.45) is 5.92 Å². The molecule has 1 saturated carbocycles. The molecule has 2 rings (SSSR count). The van der Waals surface area contributed by atoms with E-state index in [0.717, 1.165) is 36.0 Å². The molecule has 0 heterocycles. The zero-order chi connectivity index (χ0) is 13.1. The lowest BCUT2D eigenvalue weighted by molar-refractivity contribution is 0.0916. The van der Waals surface area contributed by atoms with Crippen LogP contribution in [-0.4, -0.2) is 23.7 Å². The fraction of sp³-hybridized carbons (Fsp3) is 0.533. The number of aliphatic hydroxyl groups is 1. The highest BCUT2D eigenvalue weighted by Gasteiger charge is 2.25. The van der Waals surface area contributed by atoms with Gasteiger partial charge in [0.15, 0.2) is 0 Å². The molecule has 18 heavy (non-hydrogen) atoms. The third-order valence-corrected chi connectivity index (χ3v) is 3.77. The molecule has 3 nitrogen and oxygen atoms in total. The Balaban J connectivity index is 1.95. The normalized spacial score (nSPS) is 23.1. The molecule has 2 N–H and O–H groups in total. The van der Waals surface area contributed by atoms with Crippen molar-refractivity contribution < 1.29 is 9.90 Å². The Bertz CT molecular complexity index is 442. The quantitative estimate of drug-likeness (QED) is 0.860. The molecule has 2 atom stereocenters. The van der Waals surface area contributed by atoms with Crippen molar-refractivity contribution in [3.8, 4) is 0 Å². The molecule has 3 heteroatoms. The van der Waals surface area contributed by atoms with E-state index in [0.29, 0.717) is 6.54 Å². The van der Waals surface area contributed by atoms with Crippen LogP contribution in [0.25, 0.3) is 0 Å². The molecule has 0 spiro atoms. The molecular weight excluding hydrogens is 226 g/mol. The van der Waals surface area contributed by atoms with E-state index in [1.54, 1.807) is 0 Å². The molecule has 1 aliphatic carbocycles. The molecule has 0 bridgehead atoms. The predicted octanol–water partition coefficient (Wildman–Crippen LogP) is 2.19. The van der Waals surface area contributed by atoms with Crippen molar-refractivity contribution in [1.82, 2.24) is 5.32 Å². The van der Waals surface area contributed by atoms with Crippen LogP contribution in [0, 0.1) is 19.8 Å². The first-order chi connectivity index (χ1) is 8.58. The van der Waals surface area contributed by atoms with E-state index in [9.17, 15) is 9.90 Å². The van der Waals surface area contributed by atoms with Crippen LogP contribution in [0.1, 0.15) is 40.7 Å². The van der Waals surface area contributed by atoms with Crippen molar-refractivity contribution >= 4 is 5.91 Å². The van der Waals surface area contributed by atoms with Gasteiger partial charge in [0.05, 0.1) is 6.10 Å². The minimum absolute atomic E-state index is 0.0356. The van der Waals surface area contributed by atoms with E-state index in [4.69, 9.17) is 0 Å². The Morgan fingerprint density at radius 3 is 2.78 bits per heavy atom. The summed E-state index contributed by atoms with van der Waals surface area (Å²) in [6, 6.07) is 5.83. The zero-order valence-electron chi connectivity index (χ0n) is 11.1. The lowest BCUT2D eigenvalue weighted by Gasteiger charge is -2.15. The maximum absolute atomic E-state index is 12.0. The summed E-state index contributed by atoms with van der Waals surface area (Å²) < 4.78 is 0. The number of aryl methyl sites for hydroxylation is 2. The van der Waals surface area contributed by atoms with Gasteiger partial charge in [-0.1, -0.05) is 24.1 Å². The smallest absolute Gasteiger partial charge is 0.251 e. The molecule has 0 saturated heterocycles. The van der Waals surface area contributed by atoms with Crippen molar-refractivity contribution in [2.45, 2.75) is 39.2 Å². The van der Waals surface area contributed by atoms with Gasteiger partial charge in [-0.3, -0.25) is 4.79 Å². The molecule has 0 radical (unpaired) electrons. The van der Waals surface area contributed by atoms with E-state index in [2.05, 4.69) is 5.32 Å². The number of hydrogen-bond acceptors (Lipinski definition) is 2. The number of carbonyl (C=O) groups excluding carboxylic acids is 1. The molecule has 0 aliphatic heterocycles. The van der Waals surface area contributed by atoms with Gasteiger partial charge in [0.1, 0.15) is 0 Å². The van der Waals surface area contributed by atoms with Crippen molar-refractivity contribution in [3.05, 3.63) is 34.9 Å². The van der Waals surface area contributed by atoms with Crippen LogP contribution in [0.4, 0.5) is 0 Å². The number of rotatable bonds is 3. The highest BCUT2D eigenvalue weighted by Crippen LogP contribution is 2.24. The second kappa shape index (κ2) is 5.53. The number of aliphatic hydroxyl groups excluding tert-OH is 1. The fourth-order valence-electron chi connectivity index (χ4n) is 2.64.